The standard InChI is InChI=1S/C32H32N6O6/c1-42-24-11-7-8-21(18-24)20-38-30(33-17-16-28(39)40)35-29(36-31(41)34-26-12-5-6-13-27(26)43-2)37-32(38)44-25-15-14-22-9-3-4-10-23(22)19-25/h3-15,18-19,32H,16-17,20H2,1-2H3,(H,39,40)(H3,33,34,35,36,37,41). The molecule has 226 valence electrons. The number of amides is 2. The molecule has 0 aromatic heterocycles. The zero-order chi connectivity index (χ0) is 30.9. The lowest BCUT2D eigenvalue weighted by Gasteiger charge is -2.36. The maximum Gasteiger partial charge on any atom is 0.326 e. The number of benzene rings is 4. The van der Waals surface area contributed by atoms with E-state index in [4.69, 9.17) is 14.2 Å². The summed E-state index contributed by atoms with van der Waals surface area (Å²) in [5.41, 5.74) is 1.33. The number of ether oxygens (including phenoxy) is 3. The Kier molecular flexibility index (Phi) is 9.40. The van der Waals surface area contributed by atoms with Gasteiger partial charge in [0.2, 0.25) is 11.9 Å². The first-order valence-corrected chi connectivity index (χ1v) is 13.8. The van der Waals surface area contributed by atoms with Crippen LogP contribution in [0, 0.1) is 0 Å². The van der Waals surface area contributed by atoms with Gasteiger partial charge in [0.15, 0.2) is 0 Å². The Labute approximate surface area is 254 Å². The second-order valence-electron chi connectivity index (χ2n) is 9.66. The van der Waals surface area contributed by atoms with Crippen molar-refractivity contribution in [3.05, 3.63) is 96.6 Å². The van der Waals surface area contributed by atoms with E-state index in [2.05, 4.69) is 25.9 Å². The van der Waals surface area contributed by atoms with Crippen LogP contribution in [0.1, 0.15) is 12.0 Å². The molecular formula is C32H32N6O6. The molecule has 1 aliphatic rings. The van der Waals surface area contributed by atoms with Gasteiger partial charge in [-0.3, -0.25) is 25.3 Å². The number of aliphatic carboxylic acids is 1. The fourth-order valence-electron chi connectivity index (χ4n) is 4.53. The third-order valence-electron chi connectivity index (χ3n) is 6.63. The minimum absolute atomic E-state index is 0.0182. The van der Waals surface area contributed by atoms with Gasteiger partial charge in [0.1, 0.15) is 17.2 Å². The van der Waals surface area contributed by atoms with E-state index >= 15 is 0 Å². The van der Waals surface area contributed by atoms with E-state index in [0.717, 1.165) is 16.3 Å². The number of para-hydroxylation sites is 2. The molecule has 0 aliphatic carbocycles. The summed E-state index contributed by atoms with van der Waals surface area (Å²) >= 11 is 0. The zero-order valence-electron chi connectivity index (χ0n) is 24.2. The van der Waals surface area contributed by atoms with Gasteiger partial charge in [-0.05, 0) is 52.7 Å². The first-order valence-electron chi connectivity index (χ1n) is 13.8. The first kappa shape index (κ1) is 29.7. The molecule has 1 atom stereocenters. The Morgan fingerprint density at radius 2 is 1.70 bits per heavy atom. The SMILES string of the molecule is COc1cccc(CN2C(=NCCC(=O)O)NC(NC(=O)Nc3ccccc3OC)=NC2Oc2ccc3ccccc3c2)c1. The minimum atomic E-state index is -0.992. The molecule has 0 spiro atoms. The quantitative estimate of drug-likeness (QED) is 0.207. The average Bonchev–Trinajstić information content (AvgIpc) is 3.02. The van der Waals surface area contributed by atoms with Crippen LogP contribution in [0.2, 0.25) is 0 Å². The van der Waals surface area contributed by atoms with Gasteiger partial charge in [-0.15, -0.1) is 0 Å². The lowest BCUT2D eigenvalue weighted by molar-refractivity contribution is -0.136. The third-order valence-corrected chi connectivity index (χ3v) is 6.63. The van der Waals surface area contributed by atoms with Crippen LogP contribution < -0.4 is 30.2 Å². The second kappa shape index (κ2) is 13.9. The molecule has 0 bridgehead atoms. The van der Waals surface area contributed by atoms with Crippen LogP contribution in [0.5, 0.6) is 17.2 Å². The number of guanidine groups is 2. The second-order valence-corrected chi connectivity index (χ2v) is 9.66. The number of fused-ring (bicyclic) bond motifs is 1. The summed E-state index contributed by atoms with van der Waals surface area (Å²) in [6.07, 6.45) is -1.18. The van der Waals surface area contributed by atoms with Crippen LogP contribution >= 0.6 is 0 Å². The Balaban J connectivity index is 1.49. The molecule has 1 aliphatic heterocycles. The van der Waals surface area contributed by atoms with Gasteiger partial charge in [-0.2, -0.15) is 4.99 Å². The normalized spacial score (nSPS) is 15.2. The van der Waals surface area contributed by atoms with Crippen LogP contribution in [0.15, 0.2) is 101 Å². The molecule has 0 fully saturated rings. The van der Waals surface area contributed by atoms with Crippen molar-refractivity contribution in [1.82, 2.24) is 15.5 Å². The van der Waals surface area contributed by atoms with Crippen LogP contribution in [0.4, 0.5) is 10.5 Å². The maximum absolute atomic E-state index is 13.0. The number of nitrogens with zero attached hydrogens (tertiary/aromatic N) is 3. The summed E-state index contributed by atoms with van der Waals surface area (Å²) in [4.78, 5) is 35.3. The molecule has 5 rings (SSSR count). The van der Waals surface area contributed by atoms with Crippen molar-refractivity contribution in [2.45, 2.75) is 19.3 Å². The molecular weight excluding hydrogens is 564 g/mol. The van der Waals surface area contributed by atoms with E-state index in [-0.39, 0.29) is 31.4 Å². The summed E-state index contributed by atoms with van der Waals surface area (Å²) in [7, 11) is 3.10. The van der Waals surface area contributed by atoms with Crippen molar-refractivity contribution in [2.24, 2.45) is 9.98 Å². The van der Waals surface area contributed by atoms with Gasteiger partial charge >= 0.3 is 12.0 Å². The number of nitrogens with one attached hydrogen (secondary N) is 3. The number of methoxy groups -OCH3 is 2. The van der Waals surface area contributed by atoms with Crippen LogP contribution in [0.25, 0.3) is 10.8 Å². The number of urea groups is 1. The maximum atomic E-state index is 13.0. The number of aliphatic imine (C=N–C) groups is 2. The number of rotatable bonds is 10. The van der Waals surface area contributed by atoms with Gasteiger partial charge in [0.05, 0.1) is 39.4 Å². The number of hydrogen-bond acceptors (Lipinski definition) is 7. The highest BCUT2D eigenvalue weighted by molar-refractivity contribution is 6.09. The van der Waals surface area contributed by atoms with E-state index in [1.807, 2.05) is 66.7 Å². The Bertz CT molecular complexity index is 1710. The molecule has 1 heterocycles. The first-order chi connectivity index (χ1) is 21.4. The summed E-state index contributed by atoms with van der Waals surface area (Å²) in [6, 6.07) is 27.5. The predicted octanol–water partition coefficient (Wildman–Crippen LogP) is 4.63. The molecule has 0 radical (unpaired) electrons. The largest absolute Gasteiger partial charge is 0.497 e. The molecule has 1 unspecified atom stereocenters. The average molecular weight is 597 g/mol. The van der Waals surface area contributed by atoms with Gasteiger partial charge in [-0.25, -0.2) is 4.79 Å². The van der Waals surface area contributed by atoms with E-state index in [9.17, 15) is 14.7 Å². The summed E-state index contributed by atoms with van der Waals surface area (Å²) < 4.78 is 17.1. The summed E-state index contributed by atoms with van der Waals surface area (Å²) in [5.74, 6) is 1.03. The van der Waals surface area contributed by atoms with Crippen molar-refractivity contribution in [1.29, 1.82) is 0 Å². The Hall–Kier alpha value is -5.78. The summed E-state index contributed by atoms with van der Waals surface area (Å²) in [5, 5.41) is 19.8. The highest BCUT2D eigenvalue weighted by Crippen LogP contribution is 2.25. The van der Waals surface area contributed by atoms with Gasteiger partial charge in [0, 0.05) is 0 Å². The summed E-state index contributed by atoms with van der Waals surface area (Å²) in [6.45, 7) is 0.258. The number of anilines is 1. The Morgan fingerprint density at radius 1 is 0.909 bits per heavy atom. The van der Waals surface area contributed by atoms with Gasteiger partial charge in [0.25, 0.3) is 6.35 Å². The van der Waals surface area contributed by atoms with Crippen molar-refractivity contribution in [3.63, 3.8) is 0 Å². The van der Waals surface area contributed by atoms with Crippen LogP contribution in [0.3, 0.4) is 0 Å². The fraction of sp³-hybridized carbons (Fsp3) is 0.188. The lowest BCUT2D eigenvalue weighted by Crippen LogP contribution is -2.59. The van der Waals surface area contributed by atoms with E-state index < -0.39 is 18.4 Å². The fourth-order valence-corrected chi connectivity index (χ4v) is 4.53. The molecule has 4 aromatic rings. The van der Waals surface area contributed by atoms with Gasteiger partial charge < -0.3 is 24.6 Å². The number of carbonyl (C=O) groups excluding carboxylic acids is 1. The Morgan fingerprint density at radius 3 is 2.50 bits per heavy atom. The zero-order valence-corrected chi connectivity index (χ0v) is 24.2. The predicted molar refractivity (Wildman–Crippen MR) is 167 cm³/mol. The molecule has 12 heteroatoms. The number of hydrogen-bond donors (Lipinski definition) is 4. The molecule has 44 heavy (non-hydrogen) atoms. The van der Waals surface area contributed by atoms with E-state index in [1.165, 1.54) is 7.11 Å². The minimum Gasteiger partial charge on any atom is -0.497 e. The molecule has 2 amide bonds. The molecule has 12 nitrogen and oxygen atoms in total. The third kappa shape index (κ3) is 7.53. The van der Waals surface area contributed by atoms with E-state index in [1.54, 1.807) is 36.3 Å². The molecule has 4 aromatic carbocycles. The van der Waals surface area contributed by atoms with E-state index in [0.29, 0.717) is 22.9 Å². The van der Waals surface area contributed by atoms with Crippen molar-refractivity contribution < 1.29 is 28.9 Å². The van der Waals surface area contributed by atoms with Crippen LogP contribution in [-0.4, -0.2) is 61.0 Å². The topological polar surface area (TPSA) is 146 Å². The smallest absolute Gasteiger partial charge is 0.326 e. The monoisotopic (exact) mass is 596 g/mol. The number of carboxylic acid groups (broad SMARTS) is 1. The molecule has 0 saturated heterocycles. The molecule has 0 saturated carbocycles. The van der Waals surface area contributed by atoms with Crippen molar-refractivity contribution in [3.8, 4) is 17.2 Å². The van der Waals surface area contributed by atoms with Crippen molar-refractivity contribution >= 4 is 40.4 Å². The van der Waals surface area contributed by atoms with Crippen molar-refractivity contribution in [2.75, 3.05) is 26.1 Å². The lowest BCUT2D eigenvalue weighted by atomic mass is 10.1. The van der Waals surface area contributed by atoms with Crippen LogP contribution in [-0.2, 0) is 11.3 Å². The number of carboxylic acids is 1. The molecule has 4 N–H and O–H groups in total. The highest BCUT2D eigenvalue weighted by Gasteiger charge is 2.31. The highest BCUT2D eigenvalue weighted by atomic mass is 16.5. The number of carbonyl (C=O) groups is 2. The van der Waals surface area contributed by atoms with Gasteiger partial charge in [-0.1, -0.05) is 54.6 Å².